The molecule has 4 rings (SSSR count). The van der Waals surface area contributed by atoms with Gasteiger partial charge in [0.25, 0.3) is 0 Å². The number of para-hydroxylation sites is 1. The number of benzene rings is 2. The van der Waals surface area contributed by atoms with Gasteiger partial charge in [0.05, 0.1) is 12.1 Å². The van der Waals surface area contributed by atoms with E-state index in [-0.39, 0.29) is 12.1 Å². The smallest absolute Gasteiger partial charge is 0.417 e. The summed E-state index contributed by atoms with van der Waals surface area (Å²) in [7, 11) is 0. The molecule has 1 amide bonds. The summed E-state index contributed by atoms with van der Waals surface area (Å²) in [5.74, 6) is 1.28. The van der Waals surface area contributed by atoms with Crippen molar-refractivity contribution in [3.63, 3.8) is 0 Å². The van der Waals surface area contributed by atoms with Crippen molar-refractivity contribution in [1.29, 1.82) is 0 Å². The van der Waals surface area contributed by atoms with Crippen LogP contribution >= 0.6 is 0 Å². The summed E-state index contributed by atoms with van der Waals surface area (Å²) in [6.45, 7) is 6.18. The molecule has 1 aliphatic rings. The molecule has 2 atom stereocenters. The number of amides is 1. The highest BCUT2D eigenvalue weighted by atomic mass is 16.6. The number of cyclic esters (lactones) is 1. The number of carbonyl (C=O) groups is 1. The number of rotatable bonds is 7. The summed E-state index contributed by atoms with van der Waals surface area (Å²) < 4.78 is 5.17. The fourth-order valence-corrected chi connectivity index (χ4v) is 3.47. The van der Waals surface area contributed by atoms with E-state index in [0.29, 0.717) is 24.3 Å². The Hall–Kier alpha value is -3.68. The van der Waals surface area contributed by atoms with Crippen molar-refractivity contribution in [3.8, 4) is 0 Å². The van der Waals surface area contributed by atoms with Crippen molar-refractivity contribution >= 4 is 29.4 Å². The number of nitrogens with one attached hydrogen (secondary N) is 2. The molecule has 1 fully saturated rings. The van der Waals surface area contributed by atoms with Crippen molar-refractivity contribution in [2.45, 2.75) is 39.3 Å². The Morgan fingerprint density at radius 3 is 2.48 bits per heavy atom. The molecule has 1 aliphatic heterocycles. The van der Waals surface area contributed by atoms with Crippen LogP contribution in [0.1, 0.15) is 37.7 Å². The quantitative estimate of drug-likeness (QED) is 0.567. The molecule has 2 heterocycles. The third-order valence-electron chi connectivity index (χ3n) is 5.20. The first-order valence-electron chi connectivity index (χ1n) is 10.4. The van der Waals surface area contributed by atoms with Crippen LogP contribution in [0.5, 0.6) is 0 Å². The van der Waals surface area contributed by atoms with Gasteiger partial charge in [-0.25, -0.2) is 9.69 Å². The van der Waals surface area contributed by atoms with E-state index in [2.05, 4.69) is 37.7 Å². The standard InChI is InChI=1S/C23H26N6O2/c1-4-20-14-31-23(30)29(20)22-26-16(3)25-21(28-22)24-15(2)17-10-12-19(13-11-17)27-18-8-6-5-7-9-18/h5-13,15,20,27H,4,14H2,1-3H3,(H,24,25,26,28)/t15-,20?/m0/s1. The highest BCUT2D eigenvalue weighted by Crippen LogP contribution is 2.25. The minimum Gasteiger partial charge on any atom is -0.447 e. The maximum atomic E-state index is 12.2. The lowest BCUT2D eigenvalue weighted by Crippen LogP contribution is -2.34. The molecule has 2 N–H and O–H groups in total. The first-order valence-corrected chi connectivity index (χ1v) is 10.4. The Labute approximate surface area is 181 Å². The summed E-state index contributed by atoms with van der Waals surface area (Å²) in [5, 5.41) is 6.70. The molecule has 3 aromatic rings. The van der Waals surface area contributed by atoms with Gasteiger partial charge >= 0.3 is 6.09 Å². The number of aryl methyl sites for hydroxylation is 1. The Balaban J connectivity index is 1.47. The first kappa shape index (κ1) is 20.6. The Morgan fingerprint density at radius 1 is 1.06 bits per heavy atom. The van der Waals surface area contributed by atoms with E-state index >= 15 is 0 Å². The lowest BCUT2D eigenvalue weighted by atomic mass is 10.1. The SMILES string of the molecule is CCC1COC(=O)N1c1nc(C)nc(N[C@@H](C)c2ccc(Nc3ccccc3)cc2)n1. The lowest BCUT2D eigenvalue weighted by Gasteiger charge is -2.20. The van der Waals surface area contributed by atoms with Gasteiger partial charge in [0, 0.05) is 11.4 Å². The van der Waals surface area contributed by atoms with E-state index in [1.54, 1.807) is 6.92 Å². The van der Waals surface area contributed by atoms with Gasteiger partial charge in [-0.3, -0.25) is 0 Å². The largest absolute Gasteiger partial charge is 0.447 e. The fraction of sp³-hybridized carbons (Fsp3) is 0.304. The van der Waals surface area contributed by atoms with Crippen molar-refractivity contribution in [3.05, 3.63) is 66.0 Å². The maximum Gasteiger partial charge on any atom is 0.417 e. The second kappa shape index (κ2) is 8.99. The predicted octanol–water partition coefficient (Wildman–Crippen LogP) is 4.83. The second-order valence-corrected chi connectivity index (χ2v) is 7.49. The topological polar surface area (TPSA) is 92.3 Å². The molecule has 0 saturated carbocycles. The zero-order valence-electron chi connectivity index (χ0n) is 17.9. The van der Waals surface area contributed by atoms with Crippen LogP contribution < -0.4 is 15.5 Å². The number of aromatic nitrogens is 3. The fourth-order valence-electron chi connectivity index (χ4n) is 3.47. The Bertz CT molecular complexity index is 1040. The summed E-state index contributed by atoms with van der Waals surface area (Å²) >= 11 is 0. The summed E-state index contributed by atoms with van der Waals surface area (Å²) in [6.07, 6.45) is 0.344. The van der Waals surface area contributed by atoms with E-state index in [1.807, 2.05) is 56.3 Å². The number of nitrogens with zero attached hydrogens (tertiary/aromatic N) is 4. The van der Waals surface area contributed by atoms with Gasteiger partial charge in [-0.05, 0) is 50.1 Å². The zero-order chi connectivity index (χ0) is 21.8. The highest BCUT2D eigenvalue weighted by molar-refractivity contribution is 5.88. The van der Waals surface area contributed by atoms with Crippen LogP contribution in [0.25, 0.3) is 0 Å². The lowest BCUT2D eigenvalue weighted by molar-refractivity contribution is 0.178. The van der Waals surface area contributed by atoms with Crippen LogP contribution in [0.15, 0.2) is 54.6 Å². The molecular formula is C23H26N6O2. The molecule has 1 unspecified atom stereocenters. The average molecular weight is 419 g/mol. The Kier molecular flexibility index (Phi) is 5.97. The normalized spacial score (nSPS) is 16.7. The number of carbonyl (C=O) groups excluding carboxylic acids is 1. The number of ether oxygens (including phenoxy) is 1. The molecule has 0 spiro atoms. The maximum absolute atomic E-state index is 12.2. The van der Waals surface area contributed by atoms with Gasteiger partial charge in [-0.1, -0.05) is 37.3 Å². The molecule has 0 bridgehead atoms. The van der Waals surface area contributed by atoms with E-state index in [9.17, 15) is 4.79 Å². The monoisotopic (exact) mass is 418 g/mol. The highest BCUT2D eigenvalue weighted by Gasteiger charge is 2.35. The molecule has 1 aromatic heterocycles. The molecule has 8 heteroatoms. The second-order valence-electron chi connectivity index (χ2n) is 7.49. The van der Waals surface area contributed by atoms with Gasteiger partial charge in [-0.2, -0.15) is 15.0 Å². The number of hydrogen-bond acceptors (Lipinski definition) is 7. The van der Waals surface area contributed by atoms with Gasteiger partial charge in [0.2, 0.25) is 11.9 Å². The van der Waals surface area contributed by atoms with E-state index in [4.69, 9.17) is 4.74 Å². The molecule has 0 radical (unpaired) electrons. The molecule has 0 aliphatic carbocycles. The van der Waals surface area contributed by atoms with Crippen LogP contribution in [0, 0.1) is 6.92 Å². The van der Waals surface area contributed by atoms with Crippen molar-refractivity contribution < 1.29 is 9.53 Å². The minimum atomic E-state index is -0.419. The van der Waals surface area contributed by atoms with Crippen LogP contribution in [-0.2, 0) is 4.74 Å². The van der Waals surface area contributed by atoms with Crippen LogP contribution in [0.4, 0.5) is 28.1 Å². The van der Waals surface area contributed by atoms with E-state index in [1.165, 1.54) is 4.90 Å². The minimum absolute atomic E-state index is 0.0343. The van der Waals surface area contributed by atoms with E-state index < -0.39 is 6.09 Å². The predicted molar refractivity (Wildman–Crippen MR) is 121 cm³/mol. The Morgan fingerprint density at radius 2 is 1.77 bits per heavy atom. The molecular weight excluding hydrogens is 392 g/mol. The number of hydrogen-bond donors (Lipinski definition) is 2. The van der Waals surface area contributed by atoms with Gasteiger partial charge in [0.1, 0.15) is 12.4 Å². The van der Waals surface area contributed by atoms with Gasteiger partial charge in [0.15, 0.2) is 0 Å². The average Bonchev–Trinajstić information content (AvgIpc) is 3.15. The molecule has 2 aromatic carbocycles. The third kappa shape index (κ3) is 4.74. The van der Waals surface area contributed by atoms with Crippen molar-refractivity contribution in [1.82, 2.24) is 15.0 Å². The summed E-state index contributed by atoms with van der Waals surface area (Å²) in [6, 6.07) is 18.1. The zero-order valence-corrected chi connectivity index (χ0v) is 17.9. The van der Waals surface area contributed by atoms with Gasteiger partial charge in [-0.15, -0.1) is 0 Å². The van der Waals surface area contributed by atoms with Crippen LogP contribution in [0.3, 0.4) is 0 Å². The molecule has 1 saturated heterocycles. The van der Waals surface area contributed by atoms with E-state index in [0.717, 1.165) is 23.4 Å². The van der Waals surface area contributed by atoms with Crippen molar-refractivity contribution in [2.75, 3.05) is 22.1 Å². The van der Waals surface area contributed by atoms with Crippen molar-refractivity contribution in [2.24, 2.45) is 0 Å². The van der Waals surface area contributed by atoms with Crippen LogP contribution in [0.2, 0.25) is 0 Å². The van der Waals surface area contributed by atoms with Gasteiger partial charge < -0.3 is 15.4 Å². The summed E-state index contributed by atoms with van der Waals surface area (Å²) in [5.41, 5.74) is 3.14. The molecule has 160 valence electrons. The molecule has 31 heavy (non-hydrogen) atoms. The summed E-state index contributed by atoms with van der Waals surface area (Å²) in [4.78, 5) is 26.9. The third-order valence-corrected chi connectivity index (χ3v) is 5.20. The van der Waals surface area contributed by atoms with Crippen LogP contribution in [-0.4, -0.2) is 33.7 Å². The molecule has 8 nitrogen and oxygen atoms in total. The first-order chi connectivity index (χ1) is 15.0. The number of anilines is 4.